The summed E-state index contributed by atoms with van der Waals surface area (Å²) in [5.74, 6) is 0.360. The molecular formula is C33H39NO7. The van der Waals surface area contributed by atoms with E-state index in [9.17, 15) is 9.59 Å². The molecule has 0 bridgehead atoms. The Balaban J connectivity index is 1.36. The molecule has 3 rings (SSSR count). The van der Waals surface area contributed by atoms with Crippen LogP contribution in [0.25, 0.3) is 6.08 Å². The first-order chi connectivity index (χ1) is 20.0. The summed E-state index contributed by atoms with van der Waals surface area (Å²) in [4.78, 5) is 27.3. The van der Waals surface area contributed by atoms with E-state index in [1.807, 2.05) is 67.7 Å². The van der Waals surface area contributed by atoms with Crippen molar-refractivity contribution in [2.45, 2.75) is 18.8 Å². The van der Waals surface area contributed by atoms with Gasteiger partial charge in [0.15, 0.2) is 11.5 Å². The van der Waals surface area contributed by atoms with E-state index >= 15 is 0 Å². The number of ether oxygens (including phenoxy) is 5. The molecule has 0 atom stereocenters. The predicted octanol–water partition coefficient (Wildman–Crippen LogP) is 5.36. The molecular weight excluding hydrogens is 522 g/mol. The van der Waals surface area contributed by atoms with Gasteiger partial charge in [-0.15, -0.1) is 0 Å². The molecule has 8 nitrogen and oxygen atoms in total. The summed E-state index contributed by atoms with van der Waals surface area (Å²) in [6, 6.07) is 22.9. The molecule has 0 amide bonds. The van der Waals surface area contributed by atoms with Crippen LogP contribution in [0.1, 0.15) is 35.4 Å². The van der Waals surface area contributed by atoms with E-state index < -0.39 is 11.9 Å². The highest BCUT2D eigenvalue weighted by atomic mass is 16.5. The molecule has 0 radical (unpaired) electrons. The second-order valence-corrected chi connectivity index (χ2v) is 9.39. The summed E-state index contributed by atoms with van der Waals surface area (Å²) in [5, 5.41) is 0. The molecule has 0 heterocycles. The van der Waals surface area contributed by atoms with Crippen molar-refractivity contribution in [1.29, 1.82) is 0 Å². The van der Waals surface area contributed by atoms with Crippen molar-refractivity contribution in [3.8, 4) is 17.2 Å². The van der Waals surface area contributed by atoms with Crippen LogP contribution >= 0.6 is 0 Å². The van der Waals surface area contributed by atoms with Crippen LogP contribution in [0.3, 0.4) is 0 Å². The Kier molecular flexibility index (Phi) is 12.7. The van der Waals surface area contributed by atoms with Crippen LogP contribution in [0, 0.1) is 0 Å². The third-order valence-electron chi connectivity index (χ3n) is 6.46. The van der Waals surface area contributed by atoms with E-state index in [0.29, 0.717) is 43.3 Å². The maximum atomic E-state index is 13.0. The fourth-order valence-electron chi connectivity index (χ4n) is 4.38. The highest BCUT2D eigenvalue weighted by Crippen LogP contribution is 2.38. The van der Waals surface area contributed by atoms with Gasteiger partial charge in [0.2, 0.25) is 5.75 Å². The van der Waals surface area contributed by atoms with Crippen molar-refractivity contribution in [3.63, 3.8) is 0 Å². The first kappa shape index (κ1) is 31.2. The van der Waals surface area contributed by atoms with Crippen molar-refractivity contribution in [2.24, 2.45) is 0 Å². The van der Waals surface area contributed by atoms with Gasteiger partial charge >= 0.3 is 11.9 Å². The van der Waals surface area contributed by atoms with Gasteiger partial charge in [0.05, 0.1) is 34.5 Å². The van der Waals surface area contributed by atoms with E-state index in [4.69, 9.17) is 23.7 Å². The number of rotatable bonds is 16. The Bertz CT molecular complexity index is 1200. The lowest BCUT2D eigenvalue weighted by Crippen LogP contribution is -2.24. The molecule has 0 saturated heterocycles. The minimum Gasteiger partial charge on any atom is -0.493 e. The van der Waals surface area contributed by atoms with Gasteiger partial charge in [-0.2, -0.15) is 0 Å². The molecule has 8 heteroatoms. The number of carbonyl (C=O) groups is 2. The van der Waals surface area contributed by atoms with Gasteiger partial charge in [0, 0.05) is 19.2 Å². The van der Waals surface area contributed by atoms with Crippen LogP contribution in [0.4, 0.5) is 0 Å². The van der Waals surface area contributed by atoms with Crippen molar-refractivity contribution in [2.75, 3.05) is 54.7 Å². The zero-order chi connectivity index (χ0) is 29.5. The standard InChI is InChI=1S/C33H39NO7/c1-34(19-11-21-40-30(35)18-17-25-23-28(37-2)32(39-4)29(24-25)38-3)20-12-22-41-33(36)31(26-13-7-5-8-14-26)27-15-9-6-10-16-27/h5-10,13-18,23-24,31H,11-12,19-22H2,1-4H3/b18-17+. The van der Waals surface area contributed by atoms with E-state index in [1.54, 1.807) is 18.2 Å². The smallest absolute Gasteiger partial charge is 0.330 e. The van der Waals surface area contributed by atoms with Crippen molar-refractivity contribution in [1.82, 2.24) is 4.90 Å². The number of nitrogens with zero attached hydrogens (tertiary/aromatic N) is 1. The molecule has 0 N–H and O–H groups in total. The molecule has 0 spiro atoms. The van der Waals surface area contributed by atoms with Gasteiger partial charge in [-0.1, -0.05) is 60.7 Å². The van der Waals surface area contributed by atoms with Gasteiger partial charge in [-0.3, -0.25) is 4.79 Å². The molecule has 0 fully saturated rings. The van der Waals surface area contributed by atoms with Crippen molar-refractivity contribution >= 4 is 18.0 Å². The Hall–Kier alpha value is -4.30. The zero-order valence-electron chi connectivity index (χ0n) is 24.2. The third-order valence-corrected chi connectivity index (χ3v) is 6.46. The predicted molar refractivity (Wildman–Crippen MR) is 159 cm³/mol. The number of hydrogen-bond acceptors (Lipinski definition) is 8. The molecule has 0 aromatic heterocycles. The largest absolute Gasteiger partial charge is 0.493 e. The molecule has 3 aromatic carbocycles. The summed E-state index contributed by atoms with van der Waals surface area (Å²) < 4.78 is 27.0. The lowest BCUT2D eigenvalue weighted by molar-refractivity contribution is -0.144. The first-order valence-corrected chi connectivity index (χ1v) is 13.6. The van der Waals surface area contributed by atoms with E-state index in [1.165, 1.54) is 27.4 Å². The van der Waals surface area contributed by atoms with Crippen LogP contribution in [0.2, 0.25) is 0 Å². The summed E-state index contributed by atoms with van der Waals surface area (Å²) in [6.45, 7) is 2.13. The van der Waals surface area contributed by atoms with Crippen LogP contribution in [0.15, 0.2) is 78.9 Å². The number of benzene rings is 3. The summed E-state index contributed by atoms with van der Waals surface area (Å²) in [7, 11) is 6.60. The number of carbonyl (C=O) groups excluding carboxylic acids is 2. The van der Waals surface area contributed by atoms with Crippen LogP contribution in [0.5, 0.6) is 17.2 Å². The van der Waals surface area contributed by atoms with Crippen molar-refractivity contribution < 1.29 is 33.3 Å². The van der Waals surface area contributed by atoms with E-state index in [2.05, 4.69) is 4.90 Å². The average molecular weight is 562 g/mol. The fraction of sp³-hybridized carbons (Fsp3) is 0.333. The van der Waals surface area contributed by atoms with Gasteiger partial charge in [-0.25, -0.2) is 4.79 Å². The second-order valence-electron chi connectivity index (χ2n) is 9.39. The monoisotopic (exact) mass is 561 g/mol. The molecule has 41 heavy (non-hydrogen) atoms. The minimum atomic E-state index is -0.451. The Morgan fingerprint density at radius 1 is 0.756 bits per heavy atom. The summed E-state index contributed by atoms with van der Waals surface area (Å²) >= 11 is 0. The average Bonchev–Trinajstić information content (AvgIpc) is 3.01. The van der Waals surface area contributed by atoms with Crippen molar-refractivity contribution in [3.05, 3.63) is 95.6 Å². The van der Waals surface area contributed by atoms with Crippen LogP contribution < -0.4 is 14.2 Å². The third kappa shape index (κ3) is 9.69. The van der Waals surface area contributed by atoms with Gasteiger partial charge in [0.25, 0.3) is 0 Å². The minimum absolute atomic E-state index is 0.253. The first-order valence-electron chi connectivity index (χ1n) is 13.6. The van der Waals surface area contributed by atoms with Gasteiger partial charge in [-0.05, 0) is 54.8 Å². The number of hydrogen-bond donors (Lipinski definition) is 0. The zero-order valence-corrected chi connectivity index (χ0v) is 24.2. The SMILES string of the molecule is COc1cc(/C=C/C(=O)OCCCN(C)CCCOC(=O)C(c2ccccc2)c2ccccc2)cc(OC)c1OC. The maximum absolute atomic E-state index is 13.0. The fourth-order valence-corrected chi connectivity index (χ4v) is 4.38. The van der Waals surface area contributed by atoms with E-state index in [0.717, 1.165) is 29.8 Å². The van der Waals surface area contributed by atoms with Gasteiger partial charge < -0.3 is 28.6 Å². The lowest BCUT2D eigenvalue weighted by atomic mass is 9.91. The van der Waals surface area contributed by atoms with Crippen LogP contribution in [-0.2, 0) is 19.1 Å². The number of methoxy groups -OCH3 is 3. The molecule has 3 aromatic rings. The molecule has 0 aliphatic heterocycles. The van der Waals surface area contributed by atoms with Crippen LogP contribution in [-0.4, -0.2) is 71.5 Å². The second kappa shape index (κ2) is 16.7. The molecule has 0 saturated carbocycles. The highest BCUT2D eigenvalue weighted by molar-refractivity contribution is 5.87. The molecule has 218 valence electrons. The summed E-state index contributed by atoms with van der Waals surface area (Å²) in [6.07, 6.45) is 4.40. The highest BCUT2D eigenvalue weighted by Gasteiger charge is 2.24. The Labute approximate surface area is 242 Å². The molecule has 0 aliphatic carbocycles. The normalized spacial score (nSPS) is 11.1. The van der Waals surface area contributed by atoms with E-state index in [-0.39, 0.29) is 5.97 Å². The Morgan fingerprint density at radius 2 is 1.27 bits per heavy atom. The quantitative estimate of drug-likeness (QED) is 0.131. The molecule has 0 aliphatic rings. The Morgan fingerprint density at radius 3 is 1.76 bits per heavy atom. The topological polar surface area (TPSA) is 83.5 Å². The molecule has 0 unspecified atom stereocenters. The lowest BCUT2D eigenvalue weighted by Gasteiger charge is -2.19. The number of esters is 2. The van der Waals surface area contributed by atoms with Gasteiger partial charge in [0.1, 0.15) is 5.92 Å². The summed E-state index contributed by atoms with van der Waals surface area (Å²) in [5.41, 5.74) is 2.54. The maximum Gasteiger partial charge on any atom is 0.330 e.